The predicted octanol–water partition coefficient (Wildman–Crippen LogP) is 8.74. The number of piperazine rings is 1. The van der Waals surface area contributed by atoms with Crippen LogP contribution in [0.4, 0.5) is 16.5 Å². The summed E-state index contributed by atoms with van der Waals surface area (Å²) in [5.41, 5.74) is 4.49. The van der Waals surface area contributed by atoms with Gasteiger partial charge in [-0.15, -0.1) is 11.3 Å². The van der Waals surface area contributed by atoms with Crippen molar-refractivity contribution in [1.82, 2.24) is 24.8 Å². The number of anilines is 2. The molecule has 12 heteroatoms. The van der Waals surface area contributed by atoms with Crippen LogP contribution in [0.25, 0.3) is 31.9 Å². The monoisotopic (exact) mass is 668 g/mol. The Morgan fingerprint density at radius 3 is 2.53 bits per heavy atom. The molecule has 0 saturated carbocycles. The fourth-order valence-corrected chi connectivity index (χ4v) is 6.43. The lowest BCUT2D eigenvalue weighted by Crippen LogP contribution is -2.49. The van der Waals surface area contributed by atoms with E-state index in [-0.39, 0.29) is 6.09 Å². The van der Waals surface area contributed by atoms with Gasteiger partial charge in [0.05, 0.1) is 20.8 Å². The van der Waals surface area contributed by atoms with E-state index in [0.29, 0.717) is 46.7 Å². The first-order chi connectivity index (χ1) is 22.6. The Kier molecular flexibility index (Phi) is 8.44. The number of benzene rings is 2. The molecule has 47 heavy (non-hydrogen) atoms. The first-order valence-electron chi connectivity index (χ1n) is 15.3. The molecule has 4 aromatic heterocycles. The normalized spacial score (nSPS) is 14.1. The third-order valence-corrected chi connectivity index (χ3v) is 8.98. The van der Waals surface area contributed by atoms with Crippen LogP contribution in [0.3, 0.4) is 0 Å². The van der Waals surface area contributed by atoms with Gasteiger partial charge in [-0.2, -0.15) is 4.98 Å². The van der Waals surface area contributed by atoms with Gasteiger partial charge in [0.25, 0.3) is 6.01 Å². The third kappa shape index (κ3) is 7.32. The first-order valence-corrected chi connectivity index (χ1v) is 16.5. The van der Waals surface area contributed by atoms with Gasteiger partial charge in [0.15, 0.2) is 5.58 Å². The maximum atomic E-state index is 12.4. The first kappa shape index (κ1) is 30.9. The molecule has 0 bridgehead atoms. The molecule has 2 aromatic carbocycles. The third-order valence-electron chi connectivity index (χ3n) is 7.57. The van der Waals surface area contributed by atoms with E-state index < -0.39 is 5.60 Å². The molecule has 0 unspecified atom stereocenters. The molecular weight excluding hydrogens is 636 g/mol. The molecule has 1 saturated heterocycles. The summed E-state index contributed by atoms with van der Waals surface area (Å²) in [4.78, 5) is 31.4. The van der Waals surface area contributed by atoms with Crippen molar-refractivity contribution in [2.24, 2.45) is 0 Å². The summed E-state index contributed by atoms with van der Waals surface area (Å²) in [6, 6.07) is 21.3. The Morgan fingerprint density at radius 1 is 0.979 bits per heavy atom. The molecule has 0 radical (unpaired) electrons. The molecule has 0 spiro atoms. The average Bonchev–Trinajstić information content (AvgIpc) is 3.66. The van der Waals surface area contributed by atoms with Gasteiger partial charge in [-0.25, -0.2) is 4.79 Å². The lowest BCUT2D eigenvalue weighted by molar-refractivity contribution is 0.0139. The molecule has 0 aliphatic carbocycles. The molecule has 1 aliphatic heterocycles. The Bertz CT molecular complexity index is 2030. The zero-order chi connectivity index (χ0) is 32.5. The van der Waals surface area contributed by atoms with Crippen molar-refractivity contribution in [3.8, 4) is 22.1 Å². The zero-order valence-electron chi connectivity index (χ0n) is 26.2. The fourth-order valence-electron chi connectivity index (χ4n) is 5.27. The van der Waals surface area contributed by atoms with Crippen molar-refractivity contribution in [2.75, 3.05) is 31.5 Å². The van der Waals surface area contributed by atoms with Gasteiger partial charge in [-0.05, 0) is 74.9 Å². The second-order valence-electron chi connectivity index (χ2n) is 12.3. The quantitative estimate of drug-likeness (QED) is 0.179. The summed E-state index contributed by atoms with van der Waals surface area (Å²) in [7, 11) is 0. The van der Waals surface area contributed by atoms with Gasteiger partial charge in [0.2, 0.25) is 0 Å². The number of rotatable bonds is 7. The van der Waals surface area contributed by atoms with Crippen molar-refractivity contribution in [3.63, 3.8) is 0 Å². The maximum Gasteiger partial charge on any atom is 0.410 e. The van der Waals surface area contributed by atoms with Crippen LogP contribution in [0.5, 0.6) is 11.5 Å². The summed E-state index contributed by atoms with van der Waals surface area (Å²) < 4.78 is 18.6. The van der Waals surface area contributed by atoms with E-state index in [1.165, 1.54) is 0 Å². The van der Waals surface area contributed by atoms with Crippen LogP contribution < -0.4 is 10.1 Å². The fraction of sp³-hybridized carbons (Fsp3) is 0.257. The number of carbonyl (C=O) groups excluding carboxylic acids is 1. The largest absolute Gasteiger partial charge is 0.456 e. The topological polar surface area (TPSA) is 106 Å². The van der Waals surface area contributed by atoms with Gasteiger partial charge in [0.1, 0.15) is 22.6 Å². The SMILES string of the molecule is CC(C)(C)OC(=O)N1CCN(Cc2ccc(-c3cc4nccc(Oc5ccc6oc(Nc7ccc(Cl)cc7)nc6c5)c4s3)nc2)CC1. The highest BCUT2D eigenvalue weighted by molar-refractivity contribution is 7.22. The van der Waals surface area contributed by atoms with Gasteiger partial charge in [-0.1, -0.05) is 17.7 Å². The molecule has 0 atom stereocenters. The number of amides is 1. The second-order valence-corrected chi connectivity index (χ2v) is 13.8. The van der Waals surface area contributed by atoms with Crippen molar-refractivity contribution in [1.29, 1.82) is 0 Å². The predicted molar refractivity (Wildman–Crippen MR) is 185 cm³/mol. The number of halogens is 1. The van der Waals surface area contributed by atoms with E-state index in [9.17, 15) is 4.79 Å². The van der Waals surface area contributed by atoms with E-state index >= 15 is 0 Å². The molecule has 7 rings (SSSR count). The lowest BCUT2D eigenvalue weighted by atomic mass is 10.2. The number of pyridine rings is 2. The van der Waals surface area contributed by atoms with E-state index in [1.54, 1.807) is 34.6 Å². The number of carbonyl (C=O) groups is 1. The Morgan fingerprint density at radius 2 is 1.79 bits per heavy atom. The van der Waals surface area contributed by atoms with E-state index in [1.807, 2.05) is 75.5 Å². The van der Waals surface area contributed by atoms with Crippen molar-refractivity contribution in [2.45, 2.75) is 32.9 Å². The number of nitrogens with zero attached hydrogens (tertiary/aromatic N) is 5. The summed E-state index contributed by atoms with van der Waals surface area (Å²) >= 11 is 7.58. The summed E-state index contributed by atoms with van der Waals surface area (Å²) in [6.45, 7) is 9.31. The van der Waals surface area contributed by atoms with Crippen LogP contribution >= 0.6 is 22.9 Å². The van der Waals surface area contributed by atoms with Gasteiger partial charge in [0, 0.05) is 68.0 Å². The number of thiophene rings is 1. The molecule has 1 aliphatic rings. The van der Waals surface area contributed by atoms with Gasteiger partial charge in [-0.3, -0.25) is 14.9 Å². The van der Waals surface area contributed by atoms with Crippen molar-refractivity contribution < 1.29 is 18.7 Å². The highest BCUT2D eigenvalue weighted by atomic mass is 35.5. The number of hydrogen-bond donors (Lipinski definition) is 1. The van der Waals surface area contributed by atoms with Crippen LogP contribution in [0.15, 0.2) is 83.5 Å². The zero-order valence-corrected chi connectivity index (χ0v) is 27.8. The number of aromatic nitrogens is 3. The summed E-state index contributed by atoms with van der Waals surface area (Å²) in [6.07, 6.45) is 3.42. The van der Waals surface area contributed by atoms with E-state index in [2.05, 4.69) is 26.3 Å². The van der Waals surface area contributed by atoms with Gasteiger partial charge < -0.3 is 24.1 Å². The second kappa shape index (κ2) is 12.8. The van der Waals surface area contributed by atoms with Crippen LogP contribution in [0.1, 0.15) is 26.3 Å². The molecule has 10 nitrogen and oxygen atoms in total. The van der Waals surface area contributed by atoms with Crippen LogP contribution in [0, 0.1) is 0 Å². The number of fused-ring (bicyclic) bond motifs is 2. The molecule has 5 heterocycles. The van der Waals surface area contributed by atoms with Crippen LogP contribution in [0.2, 0.25) is 5.02 Å². The Balaban J connectivity index is 1.00. The molecule has 1 fully saturated rings. The molecular formula is C35H33ClN6O4S. The number of hydrogen-bond acceptors (Lipinski definition) is 10. The van der Waals surface area contributed by atoms with Crippen LogP contribution in [-0.2, 0) is 11.3 Å². The maximum absolute atomic E-state index is 12.4. The van der Waals surface area contributed by atoms with Crippen LogP contribution in [-0.4, -0.2) is 62.6 Å². The molecule has 240 valence electrons. The minimum absolute atomic E-state index is 0.247. The number of nitrogens with one attached hydrogen (secondary N) is 1. The number of oxazole rings is 1. The van der Waals surface area contributed by atoms with E-state index in [0.717, 1.165) is 51.7 Å². The Labute approximate surface area is 280 Å². The number of ether oxygens (including phenoxy) is 2. The van der Waals surface area contributed by atoms with Gasteiger partial charge >= 0.3 is 6.09 Å². The van der Waals surface area contributed by atoms with E-state index in [4.69, 9.17) is 30.5 Å². The van der Waals surface area contributed by atoms with Crippen molar-refractivity contribution in [3.05, 3.63) is 89.7 Å². The summed E-state index contributed by atoms with van der Waals surface area (Å²) in [5, 5.41) is 3.82. The minimum atomic E-state index is -0.489. The highest BCUT2D eigenvalue weighted by Crippen LogP contribution is 2.39. The molecule has 6 aromatic rings. The highest BCUT2D eigenvalue weighted by Gasteiger charge is 2.26. The molecule has 1 amide bonds. The molecule has 1 N–H and O–H groups in total. The Hall–Kier alpha value is -4.71. The average molecular weight is 669 g/mol. The van der Waals surface area contributed by atoms with Crippen molar-refractivity contribution >= 4 is 62.0 Å². The minimum Gasteiger partial charge on any atom is -0.456 e. The summed E-state index contributed by atoms with van der Waals surface area (Å²) in [5.74, 6) is 1.34. The standard InChI is InChI=1S/C35H33ClN6O4S/c1-35(2,3)46-34(43)42-16-14-41(15-17-42)21-22-4-10-26(38-20-22)31-19-28-32(47-31)30(12-13-37-28)44-25-9-11-29-27(18-25)40-33(45-29)39-24-7-5-23(36)6-8-24/h4-13,18-20H,14-17,21H2,1-3H3,(H,39,40). The smallest absolute Gasteiger partial charge is 0.410 e. The lowest BCUT2D eigenvalue weighted by Gasteiger charge is -2.35.